The van der Waals surface area contributed by atoms with E-state index in [1.165, 1.54) is 0 Å². The lowest BCUT2D eigenvalue weighted by molar-refractivity contribution is -0.192. The summed E-state index contributed by atoms with van der Waals surface area (Å²) in [5.74, 6) is -0.393. The van der Waals surface area contributed by atoms with E-state index in [1.54, 1.807) is 0 Å². The molecule has 20 heavy (non-hydrogen) atoms. The molecule has 0 bridgehead atoms. The van der Waals surface area contributed by atoms with E-state index in [0.717, 1.165) is 25.7 Å². The van der Waals surface area contributed by atoms with E-state index in [2.05, 4.69) is 4.74 Å². The Morgan fingerprint density at radius 2 is 1.70 bits per heavy atom. The average Bonchev–Trinajstić information content (AvgIpc) is 2.83. The molecule has 7 heteroatoms. The first-order valence-electron chi connectivity index (χ1n) is 7.03. The fraction of sp³-hybridized carbons (Fsp3) is 1.00. The predicted molar refractivity (Wildman–Crippen MR) is 64.3 cm³/mol. The molecule has 1 spiro atoms. The first-order valence-corrected chi connectivity index (χ1v) is 7.03. The summed E-state index contributed by atoms with van der Waals surface area (Å²) in [7, 11) is 0. The van der Waals surface area contributed by atoms with Crippen LogP contribution in [0.4, 0.5) is 13.2 Å². The van der Waals surface area contributed by atoms with E-state index < -0.39 is 18.6 Å². The number of hydrogen-bond acceptors (Lipinski definition) is 4. The van der Waals surface area contributed by atoms with Crippen molar-refractivity contribution in [3.8, 4) is 0 Å². The summed E-state index contributed by atoms with van der Waals surface area (Å²) >= 11 is 0. The molecule has 0 radical (unpaired) electrons. The Morgan fingerprint density at radius 3 is 2.30 bits per heavy atom. The Balaban J connectivity index is 1.49. The smallest absolute Gasteiger partial charge is 0.378 e. The van der Waals surface area contributed by atoms with E-state index in [9.17, 15) is 13.2 Å². The third-order valence-corrected chi connectivity index (χ3v) is 3.56. The van der Waals surface area contributed by atoms with Crippen LogP contribution in [-0.2, 0) is 18.9 Å². The topological polar surface area (TPSA) is 36.9 Å². The van der Waals surface area contributed by atoms with Gasteiger partial charge in [-0.05, 0) is 19.3 Å². The lowest BCUT2D eigenvalue weighted by Crippen LogP contribution is -2.37. The highest BCUT2D eigenvalue weighted by molar-refractivity contribution is 4.82. The standard InChI is InChI=1S/C13H21F3O4/c14-13(15,16)10-17-6-1-7-18-11-2-4-12(5-3-11)19-8-9-20-12/h11H,1-10H2. The van der Waals surface area contributed by atoms with Gasteiger partial charge in [0.2, 0.25) is 0 Å². The van der Waals surface area contributed by atoms with Crippen LogP contribution in [0.2, 0.25) is 0 Å². The van der Waals surface area contributed by atoms with Gasteiger partial charge in [-0.15, -0.1) is 0 Å². The Kier molecular flexibility index (Phi) is 5.65. The zero-order valence-corrected chi connectivity index (χ0v) is 11.4. The number of rotatable bonds is 6. The second-order valence-electron chi connectivity index (χ2n) is 5.20. The van der Waals surface area contributed by atoms with E-state index in [1.807, 2.05) is 0 Å². The molecule has 118 valence electrons. The molecule has 1 saturated heterocycles. The quantitative estimate of drug-likeness (QED) is 0.707. The van der Waals surface area contributed by atoms with Gasteiger partial charge < -0.3 is 18.9 Å². The van der Waals surface area contributed by atoms with Gasteiger partial charge in [0.15, 0.2) is 5.79 Å². The molecule has 0 N–H and O–H groups in total. The van der Waals surface area contributed by atoms with Crippen molar-refractivity contribution >= 4 is 0 Å². The second-order valence-corrected chi connectivity index (χ2v) is 5.20. The molecule has 1 heterocycles. The van der Waals surface area contributed by atoms with Crippen molar-refractivity contribution in [1.29, 1.82) is 0 Å². The van der Waals surface area contributed by atoms with Crippen molar-refractivity contribution in [3.63, 3.8) is 0 Å². The zero-order valence-electron chi connectivity index (χ0n) is 11.4. The van der Waals surface area contributed by atoms with E-state index in [0.29, 0.717) is 26.2 Å². The van der Waals surface area contributed by atoms with Crippen LogP contribution in [-0.4, -0.2) is 51.1 Å². The summed E-state index contributed by atoms with van der Waals surface area (Å²) in [5.41, 5.74) is 0. The summed E-state index contributed by atoms with van der Waals surface area (Å²) in [5, 5.41) is 0. The van der Waals surface area contributed by atoms with Crippen molar-refractivity contribution in [1.82, 2.24) is 0 Å². The molecule has 0 atom stereocenters. The molecule has 0 aromatic carbocycles. The van der Waals surface area contributed by atoms with Crippen LogP contribution in [0.3, 0.4) is 0 Å². The van der Waals surface area contributed by atoms with Crippen LogP contribution in [0.1, 0.15) is 32.1 Å². The summed E-state index contributed by atoms with van der Waals surface area (Å²) in [6.45, 7) is 0.622. The van der Waals surface area contributed by atoms with Crippen molar-refractivity contribution < 1.29 is 32.1 Å². The van der Waals surface area contributed by atoms with Gasteiger partial charge in [-0.3, -0.25) is 0 Å². The molecule has 1 aliphatic carbocycles. The highest BCUT2D eigenvalue weighted by Gasteiger charge is 2.40. The molecule has 0 unspecified atom stereocenters. The van der Waals surface area contributed by atoms with Gasteiger partial charge in [-0.1, -0.05) is 0 Å². The van der Waals surface area contributed by atoms with E-state index in [-0.39, 0.29) is 12.7 Å². The highest BCUT2D eigenvalue weighted by atomic mass is 19.4. The lowest BCUT2D eigenvalue weighted by atomic mass is 9.92. The third kappa shape index (κ3) is 5.20. The minimum absolute atomic E-state index is 0.0718. The molecule has 2 fully saturated rings. The summed E-state index contributed by atoms with van der Waals surface area (Å²) < 4.78 is 56.9. The van der Waals surface area contributed by atoms with Crippen molar-refractivity contribution in [2.45, 2.75) is 50.2 Å². The monoisotopic (exact) mass is 298 g/mol. The number of alkyl halides is 3. The molecule has 0 aromatic rings. The van der Waals surface area contributed by atoms with Gasteiger partial charge >= 0.3 is 6.18 Å². The van der Waals surface area contributed by atoms with Gasteiger partial charge in [0.05, 0.1) is 19.3 Å². The number of hydrogen-bond donors (Lipinski definition) is 0. The summed E-state index contributed by atoms with van der Waals surface area (Å²) in [6, 6.07) is 0. The lowest BCUT2D eigenvalue weighted by Gasteiger charge is -2.35. The summed E-state index contributed by atoms with van der Waals surface area (Å²) in [4.78, 5) is 0. The SMILES string of the molecule is FC(F)(F)COCCCOC1CCC2(CC1)OCCO2. The maximum Gasteiger partial charge on any atom is 0.411 e. The largest absolute Gasteiger partial charge is 0.411 e. The van der Waals surface area contributed by atoms with Crippen molar-refractivity contribution in [2.75, 3.05) is 33.0 Å². The van der Waals surface area contributed by atoms with Gasteiger partial charge in [0.25, 0.3) is 0 Å². The molecular formula is C13H21F3O4. The highest BCUT2D eigenvalue weighted by Crippen LogP contribution is 2.36. The third-order valence-electron chi connectivity index (χ3n) is 3.56. The van der Waals surface area contributed by atoms with Crippen LogP contribution in [0.15, 0.2) is 0 Å². The first-order chi connectivity index (χ1) is 9.49. The van der Waals surface area contributed by atoms with Crippen LogP contribution >= 0.6 is 0 Å². The number of ether oxygens (including phenoxy) is 4. The van der Waals surface area contributed by atoms with Gasteiger partial charge in [0.1, 0.15) is 6.61 Å². The fourth-order valence-electron chi connectivity index (χ4n) is 2.58. The molecule has 0 amide bonds. The minimum atomic E-state index is -4.25. The molecule has 1 aliphatic heterocycles. The van der Waals surface area contributed by atoms with Crippen LogP contribution in [0.5, 0.6) is 0 Å². The zero-order chi connectivity index (χ0) is 14.5. The van der Waals surface area contributed by atoms with Gasteiger partial charge in [-0.25, -0.2) is 0 Å². The molecule has 1 saturated carbocycles. The van der Waals surface area contributed by atoms with Gasteiger partial charge in [-0.2, -0.15) is 13.2 Å². The Labute approximate surface area is 116 Å². The first kappa shape index (κ1) is 16.0. The van der Waals surface area contributed by atoms with Crippen molar-refractivity contribution in [3.05, 3.63) is 0 Å². The second kappa shape index (κ2) is 7.06. The van der Waals surface area contributed by atoms with E-state index >= 15 is 0 Å². The minimum Gasteiger partial charge on any atom is -0.378 e. The Hall–Kier alpha value is -0.370. The van der Waals surface area contributed by atoms with Crippen molar-refractivity contribution in [2.24, 2.45) is 0 Å². The van der Waals surface area contributed by atoms with E-state index in [4.69, 9.17) is 14.2 Å². The van der Waals surface area contributed by atoms with Crippen LogP contribution in [0.25, 0.3) is 0 Å². The molecule has 2 aliphatic rings. The normalized spacial score (nSPS) is 23.6. The Morgan fingerprint density at radius 1 is 1.05 bits per heavy atom. The molecule has 4 nitrogen and oxygen atoms in total. The molecular weight excluding hydrogens is 277 g/mol. The maximum absolute atomic E-state index is 11.8. The maximum atomic E-state index is 11.8. The van der Waals surface area contributed by atoms with Crippen LogP contribution in [0, 0.1) is 0 Å². The van der Waals surface area contributed by atoms with Crippen LogP contribution < -0.4 is 0 Å². The average molecular weight is 298 g/mol. The fourth-order valence-corrected chi connectivity index (χ4v) is 2.58. The predicted octanol–water partition coefficient (Wildman–Crippen LogP) is 2.66. The molecule has 2 rings (SSSR count). The molecule has 0 aromatic heterocycles. The Bertz CT molecular complexity index is 280. The van der Waals surface area contributed by atoms with Gasteiger partial charge in [0, 0.05) is 26.1 Å². The summed E-state index contributed by atoms with van der Waals surface area (Å²) in [6.07, 6.45) is -0.252. The number of halogens is 3.